The van der Waals surface area contributed by atoms with E-state index in [2.05, 4.69) is 36.2 Å². The highest BCUT2D eigenvalue weighted by Gasteiger charge is 2.12. The van der Waals surface area contributed by atoms with Crippen LogP contribution in [0.15, 0.2) is 65.2 Å². The Kier molecular flexibility index (Phi) is 4.77. The minimum Gasteiger partial charge on any atom is -0.489 e. The largest absolute Gasteiger partial charge is 0.489 e. The zero-order valence-corrected chi connectivity index (χ0v) is 13.5. The third-order valence-corrected chi connectivity index (χ3v) is 3.77. The fraction of sp³-hybridized carbons (Fsp3) is 0.250. The monoisotopic (exact) mass is 307 g/mol. The van der Waals surface area contributed by atoms with Crippen LogP contribution in [-0.2, 0) is 13.0 Å². The van der Waals surface area contributed by atoms with Crippen molar-refractivity contribution in [2.45, 2.75) is 32.8 Å². The maximum absolute atomic E-state index is 5.81. The quantitative estimate of drug-likeness (QED) is 0.649. The Hall–Kier alpha value is -2.55. The van der Waals surface area contributed by atoms with E-state index in [1.54, 1.807) is 6.20 Å². The summed E-state index contributed by atoms with van der Waals surface area (Å²) in [4.78, 5) is 4.30. The van der Waals surface area contributed by atoms with E-state index in [4.69, 9.17) is 9.15 Å². The molecule has 1 aromatic heterocycles. The number of rotatable bonds is 6. The molecule has 0 spiro atoms. The highest BCUT2D eigenvalue weighted by Crippen LogP contribution is 2.22. The molecule has 0 fully saturated rings. The van der Waals surface area contributed by atoms with Crippen molar-refractivity contribution in [1.29, 1.82) is 0 Å². The summed E-state index contributed by atoms with van der Waals surface area (Å²) >= 11 is 0. The normalized spacial score (nSPS) is 12.1. The second kappa shape index (κ2) is 7.14. The lowest BCUT2D eigenvalue weighted by Gasteiger charge is -2.10. The number of benzene rings is 2. The summed E-state index contributed by atoms with van der Waals surface area (Å²) in [7, 11) is 0. The van der Waals surface area contributed by atoms with Gasteiger partial charge in [0.15, 0.2) is 5.89 Å². The molecule has 3 rings (SSSR count). The topological polar surface area (TPSA) is 35.3 Å². The van der Waals surface area contributed by atoms with E-state index in [9.17, 15) is 0 Å². The van der Waals surface area contributed by atoms with Gasteiger partial charge in [0.05, 0.1) is 6.20 Å². The van der Waals surface area contributed by atoms with Crippen molar-refractivity contribution in [3.8, 4) is 5.75 Å². The van der Waals surface area contributed by atoms with Gasteiger partial charge in [0.25, 0.3) is 0 Å². The van der Waals surface area contributed by atoms with Crippen LogP contribution in [0.1, 0.15) is 35.6 Å². The van der Waals surface area contributed by atoms with Gasteiger partial charge in [-0.25, -0.2) is 4.98 Å². The van der Waals surface area contributed by atoms with Crippen molar-refractivity contribution in [2.75, 3.05) is 0 Å². The SMILES string of the molecule is Cc1cnc([C@@H](C)Cc2ccc(OCc3ccccc3)cc2)o1. The second-order valence-corrected chi connectivity index (χ2v) is 5.83. The number of nitrogens with zero attached hydrogens (tertiary/aromatic N) is 1. The number of ether oxygens (including phenoxy) is 1. The highest BCUT2D eigenvalue weighted by atomic mass is 16.5. The Morgan fingerprint density at radius 3 is 2.39 bits per heavy atom. The number of aryl methyl sites for hydroxylation is 1. The number of aromatic nitrogens is 1. The molecule has 0 saturated heterocycles. The predicted molar refractivity (Wildman–Crippen MR) is 90.6 cm³/mol. The van der Waals surface area contributed by atoms with Crippen molar-refractivity contribution < 1.29 is 9.15 Å². The lowest BCUT2D eigenvalue weighted by atomic mass is 10.0. The van der Waals surface area contributed by atoms with Crippen LogP contribution in [0.2, 0.25) is 0 Å². The molecular formula is C20H21NO2. The molecule has 0 N–H and O–H groups in total. The molecule has 0 amide bonds. The van der Waals surface area contributed by atoms with Crippen LogP contribution in [0.25, 0.3) is 0 Å². The summed E-state index contributed by atoms with van der Waals surface area (Å²) in [6, 6.07) is 18.4. The Labute approximate surface area is 136 Å². The zero-order chi connectivity index (χ0) is 16.1. The van der Waals surface area contributed by atoms with Gasteiger partial charge < -0.3 is 9.15 Å². The molecule has 0 saturated carbocycles. The minimum atomic E-state index is 0.264. The van der Waals surface area contributed by atoms with Crippen LogP contribution >= 0.6 is 0 Å². The van der Waals surface area contributed by atoms with Crippen molar-refractivity contribution >= 4 is 0 Å². The molecule has 0 aliphatic heterocycles. The van der Waals surface area contributed by atoms with E-state index < -0.39 is 0 Å². The first-order valence-corrected chi connectivity index (χ1v) is 7.88. The Balaban J connectivity index is 1.56. The Morgan fingerprint density at radius 2 is 1.74 bits per heavy atom. The predicted octanol–water partition coefficient (Wildman–Crippen LogP) is 4.91. The molecule has 3 heteroatoms. The molecule has 3 nitrogen and oxygen atoms in total. The maximum Gasteiger partial charge on any atom is 0.197 e. The van der Waals surface area contributed by atoms with Gasteiger partial charge in [0.1, 0.15) is 18.1 Å². The third kappa shape index (κ3) is 4.22. The fourth-order valence-corrected chi connectivity index (χ4v) is 2.50. The van der Waals surface area contributed by atoms with E-state index in [-0.39, 0.29) is 5.92 Å². The lowest BCUT2D eigenvalue weighted by molar-refractivity contribution is 0.306. The van der Waals surface area contributed by atoms with E-state index in [1.165, 1.54) is 11.1 Å². The molecule has 0 unspecified atom stereocenters. The number of hydrogen-bond donors (Lipinski definition) is 0. The molecule has 1 atom stereocenters. The third-order valence-electron chi connectivity index (χ3n) is 3.77. The molecule has 0 aliphatic carbocycles. The zero-order valence-electron chi connectivity index (χ0n) is 13.5. The van der Waals surface area contributed by atoms with Crippen LogP contribution in [0, 0.1) is 6.92 Å². The van der Waals surface area contributed by atoms with Crippen LogP contribution in [0.5, 0.6) is 5.75 Å². The summed E-state index contributed by atoms with van der Waals surface area (Å²) in [6.45, 7) is 4.64. The van der Waals surface area contributed by atoms with Crippen LogP contribution in [-0.4, -0.2) is 4.98 Å². The Morgan fingerprint density at radius 1 is 1.00 bits per heavy atom. The van der Waals surface area contributed by atoms with Gasteiger partial charge >= 0.3 is 0 Å². The summed E-state index contributed by atoms with van der Waals surface area (Å²) < 4.78 is 11.4. The molecule has 0 aliphatic rings. The van der Waals surface area contributed by atoms with Gasteiger partial charge in [-0.15, -0.1) is 0 Å². The van der Waals surface area contributed by atoms with Crippen molar-refractivity contribution in [3.05, 3.63) is 83.6 Å². The Bertz CT molecular complexity index is 732. The molecule has 0 radical (unpaired) electrons. The number of hydrogen-bond acceptors (Lipinski definition) is 3. The van der Waals surface area contributed by atoms with Gasteiger partial charge in [-0.3, -0.25) is 0 Å². The van der Waals surface area contributed by atoms with Crippen LogP contribution in [0.3, 0.4) is 0 Å². The average Bonchev–Trinajstić information content (AvgIpc) is 3.02. The minimum absolute atomic E-state index is 0.264. The molecule has 2 aromatic carbocycles. The first-order valence-electron chi connectivity index (χ1n) is 7.88. The first kappa shape index (κ1) is 15.3. The summed E-state index contributed by atoms with van der Waals surface area (Å²) in [5.41, 5.74) is 2.42. The smallest absolute Gasteiger partial charge is 0.197 e. The standard InChI is InChI=1S/C20H21NO2/c1-15(20-21-13-16(2)23-20)12-17-8-10-19(11-9-17)22-14-18-6-4-3-5-7-18/h3-11,13,15H,12,14H2,1-2H3/t15-/m0/s1. The first-order chi connectivity index (χ1) is 11.2. The van der Waals surface area contributed by atoms with E-state index in [0.29, 0.717) is 6.61 Å². The molecule has 1 heterocycles. The second-order valence-electron chi connectivity index (χ2n) is 5.83. The highest BCUT2D eigenvalue weighted by molar-refractivity contribution is 5.28. The lowest BCUT2D eigenvalue weighted by Crippen LogP contribution is -1.99. The molecule has 118 valence electrons. The number of oxazole rings is 1. The molecule has 0 bridgehead atoms. The van der Waals surface area contributed by atoms with Gasteiger partial charge in [-0.1, -0.05) is 49.4 Å². The van der Waals surface area contributed by atoms with E-state index in [0.717, 1.165) is 23.8 Å². The van der Waals surface area contributed by atoms with Crippen LogP contribution < -0.4 is 4.74 Å². The molecule has 23 heavy (non-hydrogen) atoms. The van der Waals surface area contributed by atoms with Crippen molar-refractivity contribution in [3.63, 3.8) is 0 Å². The van der Waals surface area contributed by atoms with E-state index in [1.807, 2.05) is 37.3 Å². The van der Waals surface area contributed by atoms with Crippen molar-refractivity contribution in [2.24, 2.45) is 0 Å². The summed E-state index contributed by atoms with van der Waals surface area (Å²) in [5, 5.41) is 0. The van der Waals surface area contributed by atoms with E-state index >= 15 is 0 Å². The fourth-order valence-electron chi connectivity index (χ4n) is 2.50. The van der Waals surface area contributed by atoms with Gasteiger partial charge in [-0.05, 0) is 36.6 Å². The van der Waals surface area contributed by atoms with Gasteiger partial charge in [0, 0.05) is 5.92 Å². The average molecular weight is 307 g/mol. The van der Waals surface area contributed by atoms with Gasteiger partial charge in [0.2, 0.25) is 0 Å². The van der Waals surface area contributed by atoms with Gasteiger partial charge in [-0.2, -0.15) is 0 Å². The van der Waals surface area contributed by atoms with Crippen LogP contribution in [0.4, 0.5) is 0 Å². The van der Waals surface area contributed by atoms with Crippen molar-refractivity contribution in [1.82, 2.24) is 4.98 Å². The molecule has 3 aromatic rings. The summed E-state index contributed by atoms with van der Waals surface area (Å²) in [5.74, 6) is 2.81. The summed E-state index contributed by atoms with van der Waals surface area (Å²) in [6.07, 6.45) is 2.67. The molecular weight excluding hydrogens is 286 g/mol. The maximum atomic E-state index is 5.81.